The molecule has 0 saturated carbocycles. The molecule has 0 N–H and O–H groups in total. The molecule has 0 aliphatic carbocycles. The topological polar surface area (TPSA) is 52.6 Å². The van der Waals surface area contributed by atoms with Crippen LogP contribution in [0.2, 0.25) is 0 Å². The quantitative estimate of drug-likeness (QED) is 0.516. The minimum atomic E-state index is -1.83. The van der Waals surface area contributed by atoms with Crippen LogP contribution in [0.25, 0.3) is 0 Å². The second-order valence-electron chi connectivity index (χ2n) is 4.30. The molecule has 1 rings (SSSR count). The predicted molar refractivity (Wildman–Crippen MR) is 76.4 cm³/mol. The fraction of sp³-hybridized carbons (Fsp3) is 0.500. The Hall–Kier alpha value is -1.12. The maximum Gasteiger partial charge on any atom is 0.191 e. The Morgan fingerprint density at radius 1 is 1.21 bits per heavy atom. The number of hydrogen-bond donors (Lipinski definition) is 0. The van der Waals surface area contributed by atoms with Crippen LogP contribution in [0.3, 0.4) is 0 Å². The van der Waals surface area contributed by atoms with E-state index < -0.39 is 8.03 Å². The molecule has 1 atom stereocenters. The zero-order valence-electron chi connectivity index (χ0n) is 11.5. The highest BCUT2D eigenvalue weighted by Gasteiger charge is 1.99. The highest BCUT2D eigenvalue weighted by atomic mass is 31.1. The fourth-order valence-corrected chi connectivity index (χ4v) is 2.10. The van der Waals surface area contributed by atoms with Crippen molar-refractivity contribution in [3.05, 3.63) is 29.8 Å². The van der Waals surface area contributed by atoms with Crippen LogP contribution in [0.4, 0.5) is 0 Å². The minimum absolute atomic E-state index is 0.150. The number of Topliss-reactive ketones (excluding diaryl/α,β-unsaturated/α-hetero) is 1. The Balaban J connectivity index is 2.22. The van der Waals surface area contributed by atoms with E-state index in [2.05, 4.69) is 0 Å². The lowest BCUT2D eigenvalue weighted by Crippen LogP contribution is -2.01. The predicted octanol–water partition coefficient (Wildman–Crippen LogP) is 3.10. The molecule has 0 heterocycles. The Bertz CT molecular complexity index is 414. The third kappa shape index (κ3) is 7.14. The number of ketones is 1. The summed E-state index contributed by atoms with van der Waals surface area (Å²) < 4.78 is 21.7. The first-order valence-electron chi connectivity index (χ1n) is 6.48. The molecule has 0 bridgehead atoms. The van der Waals surface area contributed by atoms with Crippen molar-refractivity contribution >= 4 is 13.8 Å². The zero-order valence-corrected chi connectivity index (χ0v) is 12.5. The number of ether oxygens (including phenoxy) is 1. The number of carbonyl (C=O) groups is 1. The van der Waals surface area contributed by atoms with Crippen molar-refractivity contribution in [2.45, 2.75) is 26.7 Å². The van der Waals surface area contributed by atoms with Crippen molar-refractivity contribution in [3.8, 4) is 5.75 Å². The van der Waals surface area contributed by atoms with Crippen LogP contribution in [0.1, 0.15) is 25.8 Å². The van der Waals surface area contributed by atoms with Crippen LogP contribution >= 0.6 is 8.03 Å². The van der Waals surface area contributed by atoms with Gasteiger partial charge in [0, 0.05) is 19.0 Å². The summed E-state index contributed by atoms with van der Waals surface area (Å²) in [5.74, 6) is 0.924. The molecule has 1 aromatic rings. The van der Waals surface area contributed by atoms with Gasteiger partial charge in [0.15, 0.2) is 8.03 Å². The van der Waals surface area contributed by atoms with Gasteiger partial charge in [0.1, 0.15) is 11.5 Å². The molecule has 0 saturated heterocycles. The van der Waals surface area contributed by atoms with E-state index in [0.717, 1.165) is 11.3 Å². The van der Waals surface area contributed by atoms with Crippen molar-refractivity contribution in [2.75, 3.05) is 19.4 Å². The van der Waals surface area contributed by atoms with Crippen molar-refractivity contribution in [3.63, 3.8) is 0 Å². The third-order valence-electron chi connectivity index (χ3n) is 2.49. The summed E-state index contributed by atoms with van der Waals surface area (Å²) in [5, 5.41) is 0. The second kappa shape index (κ2) is 8.89. The largest absolute Gasteiger partial charge is 0.494 e. The first-order chi connectivity index (χ1) is 9.11. The maximum atomic E-state index is 11.1. The standard InChI is InChI=1S/C14H21O4P/c1-3-19(16)18-10-4-9-17-14-7-5-13(6-8-14)11-12(2)15/h5-8,19H,3-4,9-11H2,1-2H3. The van der Waals surface area contributed by atoms with Gasteiger partial charge in [-0.25, -0.2) is 0 Å². The van der Waals surface area contributed by atoms with Gasteiger partial charge in [0.2, 0.25) is 0 Å². The second-order valence-corrected chi connectivity index (χ2v) is 6.04. The Kier molecular flexibility index (Phi) is 7.46. The fourth-order valence-electron chi connectivity index (χ4n) is 1.53. The summed E-state index contributed by atoms with van der Waals surface area (Å²) in [4.78, 5) is 11.0. The van der Waals surface area contributed by atoms with E-state index in [1.165, 1.54) is 0 Å². The molecule has 1 aromatic carbocycles. The number of rotatable bonds is 9. The molecule has 0 aliphatic heterocycles. The van der Waals surface area contributed by atoms with Crippen LogP contribution in [0.15, 0.2) is 24.3 Å². The molecular formula is C14H21O4P. The van der Waals surface area contributed by atoms with E-state index in [4.69, 9.17) is 9.26 Å². The smallest absolute Gasteiger partial charge is 0.191 e. The van der Waals surface area contributed by atoms with Gasteiger partial charge in [-0.05, 0) is 24.6 Å². The lowest BCUT2D eigenvalue weighted by Gasteiger charge is -2.07. The van der Waals surface area contributed by atoms with E-state index >= 15 is 0 Å². The van der Waals surface area contributed by atoms with E-state index in [-0.39, 0.29) is 5.78 Å². The maximum absolute atomic E-state index is 11.1. The van der Waals surface area contributed by atoms with Gasteiger partial charge in [0.25, 0.3) is 0 Å². The minimum Gasteiger partial charge on any atom is -0.494 e. The van der Waals surface area contributed by atoms with E-state index in [0.29, 0.717) is 32.2 Å². The number of benzene rings is 1. The van der Waals surface area contributed by atoms with Crippen LogP contribution in [0, 0.1) is 0 Å². The van der Waals surface area contributed by atoms with Crippen molar-refractivity contribution in [1.82, 2.24) is 0 Å². The van der Waals surface area contributed by atoms with E-state index in [1.807, 2.05) is 31.2 Å². The molecule has 4 nitrogen and oxygen atoms in total. The Labute approximate surface area is 115 Å². The molecule has 19 heavy (non-hydrogen) atoms. The van der Waals surface area contributed by atoms with Gasteiger partial charge in [-0.3, -0.25) is 9.36 Å². The van der Waals surface area contributed by atoms with Gasteiger partial charge in [0.05, 0.1) is 13.2 Å². The third-order valence-corrected chi connectivity index (χ3v) is 3.59. The molecule has 0 aliphatic rings. The van der Waals surface area contributed by atoms with Crippen LogP contribution in [-0.4, -0.2) is 25.2 Å². The average Bonchev–Trinajstić information content (AvgIpc) is 2.39. The van der Waals surface area contributed by atoms with E-state index in [9.17, 15) is 9.36 Å². The van der Waals surface area contributed by atoms with Gasteiger partial charge < -0.3 is 9.26 Å². The van der Waals surface area contributed by atoms with Crippen molar-refractivity contribution in [2.24, 2.45) is 0 Å². The molecule has 0 amide bonds. The molecule has 1 unspecified atom stereocenters. The number of carbonyl (C=O) groups excluding carboxylic acids is 1. The lowest BCUT2D eigenvalue weighted by atomic mass is 10.1. The highest BCUT2D eigenvalue weighted by molar-refractivity contribution is 7.39. The first kappa shape index (κ1) is 15.9. The van der Waals surface area contributed by atoms with Gasteiger partial charge in [-0.2, -0.15) is 0 Å². The molecule has 5 heteroatoms. The van der Waals surface area contributed by atoms with Crippen molar-refractivity contribution < 1.29 is 18.6 Å². The zero-order chi connectivity index (χ0) is 14.1. The summed E-state index contributed by atoms with van der Waals surface area (Å²) in [6.07, 6.45) is 1.76. The van der Waals surface area contributed by atoms with Crippen LogP contribution in [-0.2, 0) is 20.3 Å². The van der Waals surface area contributed by atoms with Gasteiger partial charge in [-0.15, -0.1) is 0 Å². The Morgan fingerprint density at radius 3 is 2.47 bits per heavy atom. The van der Waals surface area contributed by atoms with Gasteiger partial charge >= 0.3 is 0 Å². The average molecular weight is 284 g/mol. The van der Waals surface area contributed by atoms with Crippen LogP contribution < -0.4 is 4.74 Å². The number of hydrogen-bond acceptors (Lipinski definition) is 4. The molecule has 0 spiro atoms. The molecule has 0 aromatic heterocycles. The summed E-state index contributed by atoms with van der Waals surface area (Å²) in [7, 11) is -1.83. The summed E-state index contributed by atoms with van der Waals surface area (Å²) in [6, 6.07) is 7.49. The highest BCUT2D eigenvalue weighted by Crippen LogP contribution is 2.20. The molecule has 106 valence electrons. The van der Waals surface area contributed by atoms with Gasteiger partial charge in [-0.1, -0.05) is 19.1 Å². The molecular weight excluding hydrogens is 263 g/mol. The lowest BCUT2D eigenvalue weighted by molar-refractivity contribution is -0.116. The summed E-state index contributed by atoms with van der Waals surface area (Å²) >= 11 is 0. The van der Waals surface area contributed by atoms with Crippen LogP contribution in [0.5, 0.6) is 5.75 Å². The molecule has 0 fully saturated rings. The van der Waals surface area contributed by atoms with E-state index in [1.54, 1.807) is 6.92 Å². The van der Waals surface area contributed by atoms with Crippen molar-refractivity contribution in [1.29, 1.82) is 0 Å². The monoisotopic (exact) mass is 284 g/mol. The SMILES string of the molecule is CC[PH](=O)OCCCOc1ccc(CC(C)=O)cc1. The first-order valence-corrected chi connectivity index (χ1v) is 8.01. The summed E-state index contributed by atoms with van der Waals surface area (Å²) in [5.41, 5.74) is 0.990. The molecule has 0 radical (unpaired) electrons. The normalized spacial score (nSPS) is 12.1. The summed E-state index contributed by atoms with van der Waals surface area (Å²) in [6.45, 7) is 4.42. The Morgan fingerprint density at radius 2 is 1.89 bits per heavy atom.